The van der Waals surface area contributed by atoms with Crippen molar-refractivity contribution in [1.82, 2.24) is 0 Å². The summed E-state index contributed by atoms with van der Waals surface area (Å²) < 4.78 is 22.4. The molecule has 86 valence electrons. The maximum Gasteiger partial charge on any atom is 0.233 e. The Bertz CT molecular complexity index is 412. The van der Waals surface area contributed by atoms with Crippen molar-refractivity contribution in [2.24, 2.45) is 16.7 Å². The van der Waals surface area contributed by atoms with Gasteiger partial charge in [-0.2, -0.15) is 0 Å². The highest BCUT2D eigenvalue weighted by Crippen LogP contribution is 2.64. The molecule has 2 saturated carbocycles. The van der Waals surface area contributed by atoms with E-state index in [1.807, 2.05) is 13.8 Å². The number of fused-ring (bicyclic) bond motifs is 2. The van der Waals surface area contributed by atoms with Gasteiger partial charge in [0.25, 0.3) is 0 Å². The molecule has 0 heterocycles. The molecule has 3 nitrogen and oxygen atoms in total. The Morgan fingerprint density at radius 2 is 2.07 bits per heavy atom. The Morgan fingerprint density at radius 1 is 1.47 bits per heavy atom. The Kier molecular flexibility index (Phi) is 2.26. The second-order valence-corrected chi connectivity index (χ2v) is 8.13. The highest BCUT2D eigenvalue weighted by molar-refractivity contribution is 8.13. The standard InChI is InChI=1S/C10H15ClO3S/c1-9(2)7-3-4-10(9,8(12)5-7)6-15(11,13)14/h7H,3-6H2,1-2H3/t7?,10-/m1/s1. The third-order valence-electron chi connectivity index (χ3n) is 4.56. The van der Waals surface area contributed by atoms with Crippen LogP contribution in [0.5, 0.6) is 0 Å². The van der Waals surface area contributed by atoms with Crippen LogP contribution < -0.4 is 0 Å². The molecule has 2 aliphatic rings. The van der Waals surface area contributed by atoms with Crippen molar-refractivity contribution >= 4 is 25.5 Å². The molecule has 2 aliphatic carbocycles. The maximum absolute atomic E-state index is 11.9. The third kappa shape index (κ3) is 1.45. The predicted octanol–water partition coefficient (Wildman–Crippen LogP) is 1.95. The van der Waals surface area contributed by atoms with Crippen molar-refractivity contribution in [3.05, 3.63) is 0 Å². The minimum atomic E-state index is -3.60. The van der Waals surface area contributed by atoms with Gasteiger partial charge in [0.05, 0.1) is 5.75 Å². The van der Waals surface area contributed by atoms with Crippen molar-refractivity contribution < 1.29 is 13.2 Å². The normalized spacial score (nSPS) is 38.6. The van der Waals surface area contributed by atoms with Gasteiger partial charge in [0.2, 0.25) is 9.05 Å². The molecular formula is C10H15ClO3S. The summed E-state index contributed by atoms with van der Waals surface area (Å²) in [6.45, 7) is 4.00. The largest absolute Gasteiger partial charge is 0.299 e. The Morgan fingerprint density at radius 3 is 2.40 bits per heavy atom. The smallest absolute Gasteiger partial charge is 0.233 e. The van der Waals surface area contributed by atoms with E-state index in [1.165, 1.54) is 0 Å². The van der Waals surface area contributed by atoms with Crippen LogP contribution in [0.25, 0.3) is 0 Å². The molecule has 5 heteroatoms. The lowest BCUT2D eigenvalue weighted by Crippen LogP contribution is -2.41. The van der Waals surface area contributed by atoms with E-state index in [1.54, 1.807) is 0 Å². The molecule has 0 aromatic carbocycles. The number of halogens is 1. The summed E-state index contributed by atoms with van der Waals surface area (Å²) in [4.78, 5) is 11.9. The highest BCUT2D eigenvalue weighted by Gasteiger charge is 2.65. The molecule has 0 aliphatic heterocycles. The van der Waals surface area contributed by atoms with Crippen LogP contribution in [-0.2, 0) is 13.8 Å². The lowest BCUT2D eigenvalue weighted by molar-refractivity contribution is -0.128. The minimum Gasteiger partial charge on any atom is -0.299 e. The summed E-state index contributed by atoms with van der Waals surface area (Å²) in [5, 5.41) is 0. The quantitative estimate of drug-likeness (QED) is 0.704. The van der Waals surface area contributed by atoms with E-state index in [0.29, 0.717) is 18.8 Å². The number of carbonyl (C=O) groups is 1. The Balaban J connectivity index is 2.45. The first-order valence-corrected chi connectivity index (χ1v) is 7.62. The Hall–Kier alpha value is -0.0900. The molecular weight excluding hydrogens is 236 g/mol. The van der Waals surface area contributed by atoms with E-state index in [-0.39, 0.29) is 17.0 Å². The summed E-state index contributed by atoms with van der Waals surface area (Å²) in [5.41, 5.74) is -0.926. The number of Topliss-reactive ketones (excluding diaryl/α,β-unsaturated/α-hetero) is 1. The zero-order chi connectivity index (χ0) is 11.5. The molecule has 1 unspecified atom stereocenters. The van der Waals surface area contributed by atoms with Gasteiger partial charge in [0.1, 0.15) is 5.78 Å². The fourth-order valence-corrected chi connectivity index (χ4v) is 5.23. The van der Waals surface area contributed by atoms with Crippen molar-refractivity contribution in [3.8, 4) is 0 Å². The third-order valence-corrected chi connectivity index (χ3v) is 5.72. The minimum absolute atomic E-state index is 0.0907. The summed E-state index contributed by atoms with van der Waals surface area (Å²) >= 11 is 0. The van der Waals surface area contributed by atoms with Crippen LogP contribution in [-0.4, -0.2) is 20.0 Å². The fraction of sp³-hybridized carbons (Fsp3) is 0.900. The lowest BCUT2D eigenvalue weighted by atomic mass is 9.70. The summed E-state index contributed by atoms with van der Waals surface area (Å²) in [7, 11) is 1.71. The van der Waals surface area contributed by atoms with Crippen molar-refractivity contribution in [2.75, 3.05) is 5.75 Å². The molecule has 0 radical (unpaired) electrons. The van der Waals surface area contributed by atoms with E-state index in [4.69, 9.17) is 10.7 Å². The second-order valence-electron chi connectivity index (χ2n) is 5.35. The van der Waals surface area contributed by atoms with Gasteiger partial charge in [-0.25, -0.2) is 8.42 Å². The van der Waals surface area contributed by atoms with Crippen LogP contribution in [0.4, 0.5) is 0 Å². The van der Waals surface area contributed by atoms with Crippen molar-refractivity contribution in [2.45, 2.75) is 33.1 Å². The summed E-state index contributed by atoms with van der Waals surface area (Å²) in [6.07, 6.45) is 2.15. The number of rotatable bonds is 2. The molecule has 2 rings (SSSR count). The molecule has 15 heavy (non-hydrogen) atoms. The molecule has 2 bridgehead atoms. The van der Waals surface area contributed by atoms with Crippen molar-refractivity contribution in [3.63, 3.8) is 0 Å². The van der Waals surface area contributed by atoms with E-state index < -0.39 is 14.5 Å². The molecule has 0 N–H and O–H groups in total. The van der Waals surface area contributed by atoms with Gasteiger partial charge in [-0.05, 0) is 24.2 Å². The molecule has 0 aromatic heterocycles. The first-order chi connectivity index (χ1) is 6.69. The zero-order valence-corrected chi connectivity index (χ0v) is 10.5. The molecule has 0 amide bonds. The van der Waals surface area contributed by atoms with Gasteiger partial charge in [-0.15, -0.1) is 0 Å². The van der Waals surface area contributed by atoms with Crippen LogP contribution in [0.3, 0.4) is 0 Å². The average molecular weight is 251 g/mol. The maximum atomic E-state index is 11.9. The first kappa shape index (κ1) is 11.4. The van der Waals surface area contributed by atoms with Crippen LogP contribution >= 0.6 is 10.7 Å². The van der Waals surface area contributed by atoms with E-state index >= 15 is 0 Å². The van der Waals surface area contributed by atoms with Crippen LogP contribution in [0, 0.1) is 16.7 Å². The Labute approximate surface area is 94.6 Å². The number of hydrogen-bond donors (Lipinski definition) is 0. The summed E-state index contributed by atoms with van der Waals surface area (Å²) in [6, 6.07) is 0. The van der Waals surface area contributed by atoms with Gasteiger partial charge in [0.15, 0.2) is 0 Å². The van der Waals surface area contributed by atoms with Crippen LogP contribution in [0.2, 0.25) is 0 Å². The summed E-state index contributed by atoms with van der Waals surface area (Å²) in [5.74, 6) is 0.237. The molecule has 2 fully saturated rings. The SMILES string of the molecule is CC1(C)C2CC[C@@]1(CS(=O)(=O)Cl)C(=O)C2. The molecule has 2 atom stereocenters. The topological polar surface area (TPSA) is 51.2 Å². The van der Waals surface area contributed by atoms with Gasteiger partial charge in [-0.1, -0.05) is 13.8 Å². The second kappa shape index (κ2) is 2.98. The molecule has 0 saturated heterocycles. The average Bonchev–Trinajstić information content (AvgIpc) is 2.34. The zero-order valence-electron chi connectivity index (χ0n) is 8.92. The fourth-order valence-electron chi connectivity index (χ4n) is 3.40. The number of ketones is 1. The van der Waals surface area contributed by atoms with E-state index in [0.717, 1.165) is 6.42 Å². The van der Waals surface area contributed by atoms with E-state index in [2.05, 4.69) is 0 Å². The predicted molar refractivity (Wildman–Crippen MR) is 58.2 cm³/mol. The number of hydrogen-bond acceptors (Lipinski definition) is 3. The van der Waals surface area contributed by atoms with Gasteiger partial charge >= 0.3 is 0 Å². The van der Waals surface area contributed by atoms with Crippen LogP contribution in [0.1, 0.15) is 33.1 Å². The monoisotopic (exact) mass is 250 g/mol. The molecule has 0 spiro atoms. The van der Waals surface area contributed by atoms with Gasteiger partial charge in [-0.3, -0.25) is 4.79 Å². The highest BCUT2D eigenvalue weighted by atomic mass is 35.7. The van der Waals surface area contributed by atoms with Crippen molar-refractivity contribution in [1.29, 1.82) is 0 Å². The number of carbonyl (C=O) groups excluding carboxylic acids is 1. The van der Waals surface area contributed by atoms with E-state index in [9.17, 15) is 13.2 Å². The van der Waals surface area contributed by atoms with Crippen LogP contribution in [0.15, 0.2) is 0 Å². The first-order valence-electron chi connectivity index (χ1n) is 5.15. The van der Waals surface area contributed by atoms with Gasteiger partial charge < -0.3 is 0 Å². The molecule has 0 aromatic rings. The lowest BCUT2D eigenvalue weighted by Gasteiger charge is -2.35. The van der Waals surface area contributed by atoms with Gasteiger partial charge in [0, 0.05) is 22.5 Å².